The second-order valence-corrected chi connectivity index (χ2v) is 6.17. The maximum Gasteiger partial charge on any atom is 0.238 e. The fraction of sp³-hybridized carbons (Fsp3) is 0.167. The first-order valence-corrected chi connectivity index (χ1v) is 7.61. The van der Waals surface area contributed by atoms with E-state index in [1.54, 1.807) is 0 Å². The van der Waals surface area contributed by atoms with Crippen LogP contribution in [0.25, 0.3) is 0 Å². The van der Waals surface area contributed by atoms with E-state index in [2.05, 4.69) is 20.8 Å². The minimum Gasteiger partial charge on any atom is -0.324 e. The normalized spacial score (nSPS) is 17.2. The van der Waals surface area contributed by atoms with Gasteiger partial charge in [-0.25, -0.2) is 0 Å². The molecule has 2 heterocycles. The van der Waals surface area contributed by atoms with Gasteiger partial charge in [0.2, 0.25) is 16.9 Å². The van der Waals surface area contributed by atoms with Gasteiger partial charge in [0.25, 0.3) is 0 Å². The molecule has 2 amide bonds. The third-order valence-corrected chi connectivity index (χ3v) is 4.57. The van der Waals surface area contributed by atoms with Crippen LogP contribution in [0.5, 0.6) is 0 Å². The van der Waals surface area contributed by atoms with Gasteiger partial charge in [-0.15, -0.1) is 22.0 Å². The third kappa shape index (κ3) is 2.81. The number of nitrogens with one attached hydrogen (secondary N) is 2. The summed E-state index contributed by atoms with van der Waals surface area (Å²) in [5, 5.41) is 12.8. The quantitative estimate of drug-likeness (QED) is 0.906. The third-order valence-electron chi connectivity index (χ3n) is 2.68. The number of hydrogen-bond acceptors (Lipinski definition) is 6. The van der Waals surface area contributed by atoms with Gasteiger partial charge >= 0.3 is 0 Å². The number of fused-ring (bicyclic) bond motifs is 1. The predicted octanol–water partition coefficient (Wildman–Crippen LogP) is 1.98. The van der Waals surface area contributed by atoms with Gasteiger partial charge in [-0.3, -0.25) is 9.59 Å². The van der Waals surface area contributed by atoms with Gasteiger partial charge in [-0.2, -0.15) is 0 Å². The van der Waals surface area contributed by atoms with Crippen molar-refractivity contribution in [2.75, 3.05) is 10.6 Å². The van der Waals surface area contributed by atoms with Crippen molar-refractivity contribution in [2.24, 2.45) is 0 Å². The molecular weight excluding hydrogens is 296 g/mol. The molecule has 2 aromatic rings. The minimum absolute atomic E-state index is 0.102. The molecule has 1 aliphatic rings. The van der Waals surface area contributed by atoms with Gasteiger partial charge in [0.1, 0.15) is 5.51 Å². The van der Waals surface area contributed by atoms with Gasteiger partial charge in [0, 0.05) is 11.3 Å². The highest BCUT2D eigenvalue weighted by Gasteiger charge is 2.28. The molecule has 1 aliphatic heterocycles. The number of thioether (sulfide) groups is 1. The molecule has 1 atom stereocenters. The molecule has 102 valence electrons. The van der Waals surface area contributed by atoms with Crippen LogP contribution in [0.1, 0.15) is 6.42 Å². The van der Waals surface area contributed by atoms with Gasteiger partial charge in [0.15, 0.2) is 0 Å². The van der Waals surface area contributed by atoms with E-state index >= 15 is 0 Å². The van der Waals surface area contributed by atoms with Crippen LogP contribution in [-0.4, -0.2) is 27.3 Å². The van der Waals surface area contributed by atoms with E-state index in [0.717, 1.165) is 10.6 Å². The van der Waals surface area contributed by atoms with E-state index in [0.29, 0.717) is 5.13 Å². The summed E-state index contributed by atoms with van der Waals surface area (Å²) in [5.74, 6) is -0.394. The average Bonchev–Trinajstić information content (AvgIpc) is 2.92. The van der Waals surface area contributed by atoms with E-state index < -0.39 is 5.25 Å². The van der Waals surface area contributed by atoms with Crippen LogP contribution in [0.15, 0.2) is 34.7 Å². The van der Waals surface area contributed by atoms with Crippen molar-refractivity contribution in [2.45, 2.75) is 16.6 Å². The monoisotopic (exact) mass is 306 g/mol. The van der Waals surface area contributed by atoms with E-state index in [4.69, 9.17) is 0 Å². The van der Waals surface area contributed by atoms with Crippen LogP contribution in [0.3, 0.4) is 0 Å². The lowest BCUT2D eigenvalue weighted by atomic mass is 10.2. The summed E-state index contributed by atoms with van der Waals surface area (Å²) in [7, 11) is 0. The van der Waals surface area contributed by atoms with Crippen molar-refractivity contribution in [1.82, 2.24) is 10.2 Å². The van der Waals surface area contributed by atoms with E-state index in [-0.39, 0.29) is 18.2 Å². The molecule has 0 aliphatic carbocycles. The Balaban J connectivity index is 1.66. The number of aromatic nitrogens is 2. The van der Waals surface area contributed by atoms with Crippen molar-refractivity contribution in [3.63, 3.8) is 0 Å². The molecule has 0 saturated carbocycles. The average molecular weight is 306 g/mol. The number of benzene rings is 1. The second-order valence-electron chi connectivity index (χ2n) is 4.09. The number of carbonyl (C=O) groups excluding carboxylic acids is 2. The van der Waals surface area contributed by atoms with Crippen LogP contribution in [0.4, 0.5) is 10.8 Å². The molecule has 0 fully saturated rings. The fourth-order valence-electron chi connectivity index (χ4n) is 1.79. The number of rotatable bonds is 3. The zero-order chi connectivity index (χ0) is 13.9. The van der Waals surface area contributed by atoms with Crippen LogP contribution >= 0.6 is 23.1 Å². The van der Waals surface area contributed by atoms with Crippen molar-refractivity contribution in [3.8, 4) is 0 Å². The van der Waals surface area contributed by atoms with Gasteiger partial charge in [0.05, 0.1) is 10.9 Å². The minimum atomic E-state index is -0.433. The number of nitrogens with zero attached hydrogens (tertiary/aromatic N) is 2. The van der Waals surface area contributed by atoms with Crippen molar-refractivity contribution < 1.29 is 9.59 Å². The lowest BCUT2D eigenvalue weighted by molar-refractivity contribution is -0.120. The Hall–Kier alpha value is -1.93. The molecule has 6 nitrogen and oxygen atoms in total. The molecule has 0 bridgehead atoms. The molecule has 1 unspecified atom stereocenters. The maximum absolute atomic E-state index is 12.0. The molecule has 3 rings (SSSR count). The largest absolute Gasteiger partial charge is 0.324 e. The first kappa shape index (κ1) is 13.1. The molecule has 1 aromatic heterocycles. The molecule has 8 heteroatoms. The summed E-state index contributed by atoms with van der Waals surface area (Å²) in [5.41, 5.74) is 2.33. The summed E-state index contributed by atoms with van der Waals surface area (Å²) < 4.78 is 0. The van der Waals surface area contributed by atoms with Gasteiger partial charge in [-0.05, 0) is 12.1 Å². The Bertz CT molecular complexity index is 645. The highest BCUT2D eigenvalue weighted by molar-refractivity contribution is 8.01. The van der Waals surface area contributed by atoms with Crippen LogP contribution in [-0.2, 0) is 9.59 Å². The Morgan fingerprint density at radius 3 is 3.05 bits per heavy atom. The summed E-state index contributed by atoms with van der Waals surface area (Å²) in [6, 6.07) is 7.54. The van der Waals surface area contributed by atoms with Crippen LogP contribution in [0.2, 0.25) is 0 Å². The summed E-state index contributed by atoms with van der Waals surface area (Å²) in [4.78, 5) is 24.8. The van der Waals surface area contributed by atoms with Crippen LogP contribution in [0, 0.1) is 0 Å². The van der Waals surface area contributed by atoms with Gasteiger partial charge in [-0.1, -0.05) is 23.5 Å². The highest BCUT2D eigenvalue weighted by atomic mass is 32.2. The molecule has 0 spiro atoms. The van der Waals surface area contributed by atoms with Crippen molar-refractivity contribution in [3.05, 3.63) is 29.8 Å². The summed E-state index contributed by atoms with van der Waals surface area (Å²) >= 11 is 2.64. The fourth-order valence-corrected chi connectivity index (χ4v) is 3.36. The molecule has 2 N–H and O–H groups in total. The van der Waals surface area contributed by atoms with E-state index in [9.17, 15) is 9.59 Å². The molecule has 20 heavy (non-hydrogen) atoms. The number of hydrogen-bond donors (Lipinski definition) is 2. The number of para-hydroxylation sites is 1. The Labute approximate surface area is 123 Å². The Morgan fingerprint density at radius 2 is 2.25 bits per heavy atom. The molecule has 0 saturated heterocycles. The lowest BCUT2D eigenvalue weighted by Gasteiger charge is -2.23. The SMILES string of the molecule is O=C(CC1Sc2ccccc2NC1=O)Nc1nncs1. The lowest BCUT2D eigenvalue weighted by Crippen LogP contribution is -2.32. The first-order chi connectivity index (χ1) is 9.72. The van der Waals surface area contributed by atoms with Crippen molar-refractivity contribution in [1.29, 1.82) is 0 Å². The standard InChI is InChI=1S/C12H10N4O2S2/c17-10(15-12-16-13-6-19-12)5-9-11(18)14-7-3-1-2-4-8(7)20-9/h1-4,6,9H,5H2,(H,14,18)(H,15,16,17). The highest BCUT2D eigenvalue weighted by Crippen LogP contribution is 2.36. The Morgan fingerprint density at radius 1 is 1.40 bits per heavy atom. The topological polar surface area (TPSA) is 84.0 Å². The molecule has 1 aromatic carbocycles. The summed E-state index contributed by atoms with van der Waals surface area (Å²) in [6.07, 6.45) is 0.102. The number of anilines is 2. The van der Waals surface area contributed by atoms with E-state index in [1.807, 2.05) is 24.3 Å². The molecule has 0 radical (unpaired) electrons. The first-order valence-electron chi connectivity index (χ1n) is 5.85. The summed E-state index contributed by atoms with van der Waals surface area (Å²) in [6.45, 7) is 0. The smallest absolute Gasteiger partial charge is 0.238 e. The predicted molar refractivity (Wildman–Crippen MR) is 77.9 cm³/mol. The van der Waals surface area contributed by atoms with Crippen molar-refractivity contribution >= 4 is 45.7 Å². The van der Waals surface area contributed by atoms with Gasteiger partial charge < -0.3 is 10.6 Å². The Kier molecular flexibility index (Phi) is 3.66. The van der Waals surface area contributed by atoms with E-state index in [1.165, 1.54) is 28.6 Å². The maximum atomic E-state index is 12.0. The zero-order valence-corrected chi connectivity index (χ0v) is 11.8. The molecular formula is C12H10N4O2S2. The number of carbonyl (C=O) groups is 2. The zero-order valence-electron chi connectivity index (χ0n) is 10.2. The second kappa shape index (κ2) is 5.59. The van der Waals surface area contributed by atoms with Crippen LogP contribution < -0.4 is 10.6 Å². The number of amides is 2.